The fraction of sp³-hybridized carbons (Fsp3) is 0.381. The number of halogens is 3. The van der Waals surface area contributed by atoms with E-state index in [4.69, 9.17) is 0 Å². The Balaban J connectivity index is 2.08. The average molecular weight is 489 g/mol. The van der Waals surface area contributed by atoms with E-state index in [9.17, 15) is 26.4 Å². The largest absolute Gasteiger partial charge is 0.465 e. The molecule has 1 aliphatic rings. The van der Waals surface area contributed by atoms with Gasteiger partial charge in [-0.1, -0.05) is 0 Å². The molecule has 0 bridgehead atoms. The van der Waals surface area contributed by atoms with Gasteiger partial charge in [0.1, 0.15) is 4.90 Å². The normalized spacial score (nSPS) is 14.8. The van der Waals surface area contributed by atoms with E-state index in [-0.39, 0.29) is 16.1 Å². The van der Waals surface area contributed by atoms with Gasteiger partial charge in [-0.2, -0.15) is 13.2 Å². The van der Waals surface area contributed by atoms with E-state index in [0.717, 1.165) is 49.2 Å². The van der Waals surface area contributed by atoms with Crippen molar-refractivity contribution in [2.24, 2.45) is 0 Å². The van der Waals surface area contributed by atoms with Crippen LogP contribution in [0.4, 0.5) is 24.5 Å². The molecule has 0 unspecified atom stereocenters. The first-order chi connectivity index (χ1) is 15.1. The summed E-state index contributed by atoms with van der Waals surface area (Å²) >= 11 is 1.14. The van der Waals surface area contributed by atoms with Crippen LogP contribution >= 0.6 is 11.8 Å². The van der Waals surface area contributed by atoms with Gasteiger partial charge in [-0.15, -0.1) is 11.8 Å². The summed E-state index contributed by atoms with van der Waals surface area (Å²) < 4.78 is 73.6. The summed E-state index contributed by atoms with van der Waals surface area (Å²) in [6.45, 7) is 1.24. The van der Waals surface area contributed by atoms with Gasteiger partial charge in [0.2, 0.25) is 0 Å². The van der Waals surface area contributed by atoms with Crippen LogP contribution in [-0.2, 0) is 20.9 Å². The Kier molecular flexibility index (Phi) is 7.29. The molecule has 0 atom stereocenters. The molecule has 1 aliphatic heterocycles. The number of carbonyl (C=O) groups excluding carboxylic acids is 1. The summed E-state index contributed by atoms with van der Waals surface area (Å²) in [5, 5.41) is 0. The number of sulfonamides is 1. The molecule has 0 aromatic heterocycles. The Morgan fingerprint density at radius 3 is 2.38 bits per heavy atom. The third kappa shape index (κ3) is 5.32. The second-order valence-corrected chi connectivity index (χ2v) is 9.74. The van der Waals surface area contributed by atoms with E-state index >= 15 is 0 Å². The van der Waals surface area contributed by atoms with Crippen molar-refractivity contribution in [2.75, 3.05) is 36.1 Å². The van der Waals surface area contributed by atoms with E-state index in [1.54, 1.807) is 6.26 Å². The van der Waals surface area contributed by atoms with Gasteiger partial charge >= 0.3 is 12.1 Å². The van der Waals surface area contributed by atoms with Crippen LogP contribution in [0.25, 0.3) is 0 Å². The molecule has 6 nitrogen and oxygen atoms in total. The van der Waals surface area contributed by atoms with Crippen LogP contribution in [0.15, 0.2) is 46.2 Å². The maximum atomic E-state index is 13.4. The number of carbonyl (C=O) groups is 1. The summed E-state index contributed by atoms with van der Waals surface area (Å²) in [5.74, 6) is -0.720. The molecule has 0 spiro atoms. The van der Waals surface area contributed by atoms with Gasteiger partial charge in [0.05, 0.1) is 29.6 Å². The van der Waals surface area contributed by atoms with Crippen LogP contribution in [0, 0.1) is 0 Å². The summed E-state index contributed by atoms with van der Waals surface area (Å²) in [7, 11) is -3.14. The number of nitrogens with zero attached hydrogens (tertiary/aromatic N) is 1. The number of esters is 1. The lowest BCUT2D eigenvalue weighted by atomic mass is 10.1. The predicted octanol–water partition coefficient (Wildman–Crippen LogP) is 5.01. The van der Waals surface area contributed by atoms with E-state index in [0.29, 0.717) is 23.7 Å². The lowest BCUT2D eigenvalue weighted by molar-refractivity contribution is -0.137. The van der Waals surface area contributed by atoms with Gasteiger partial charge in [0.25, 0.3) is 10.0 Å². The number of methoxy groups -OCH3 is 1. The number of piperidine rings is 1. The van der Waals surface area contributed by atoms with Gasteiger partial charge in [0.15, 0.2) is 0 Å². The van der Waals surface area contributed by atoms with Crippen LogP contribution in [0.2, 0.25) is 0 Å². The molecule has 1 fully saturated rings. The summed E-state index contributed by atoms with van der Waals surface area (Å²) in [5.41, 5.74) is -0.705. The monoisotopic (exact) mass is 488 g/mol. The van der Waals surface area contributed by atoms with Crippen LogP contribution in [0.5, 0.6) is 0 Å². The first-order valence-corrected chi connectivity index (χ1v) is 12.5. The molecule has 1 saturated heterocycles. The van der Waals surface area contributed by atoms with Crippen LogP contribution < -0.4 is 9.62 Å². The standard InChI is InChI=1S/C21H23F3N2O4S2/c1-30-20(27)14-6-9-18(31-2)19(12-14)32(28,29)25-16-13-15(21(22,23)24)7-8-17(16)26-10-4-3-5-11-26/h6-9,12-13,25H,3-5,10-11H2,1-2H3. The first kappa shape index (κ1) is 24.2. The number of ether oxygens (including phenoxy) is 1. The third-order valence-electron chi connectivity index (χ3n) is 5.14. The quantitative estimate of drug-likeness (QED) is 0.455. The Morgan fingerprint density at radius 1 is 1.09 bits per heavy atom. The van der Waals surface area contributed by atoms with Crippen molar-refractivity contribution in [3.05, 3.63) is 47.5 Å². The minimum atomic E-state index is -4.63. The van der Waals surface area contributed by atoms with Crippen molar-refractivity contribution < 1.29 is 31.1 Å². The number of anilines is 2. The molecular weight excluding hydrogens is 465 g/mol. The van der Waals surface area contributed by atoms with E-state index in [1.807, 2.05) is 4.90 Å². The smallest absolute Gasteiger partial charge is 0.416 e. The Morgan fingerprint density at radius 2 is 1.78 bits per heavy atom. The highest BCUT2D eigenvalue weighted by atomic mass is 32.2. The van der Waals surface area contributed by atoms with Gasteiger partial charge in [-0.25, -0.2) is 13.2 Å². The number of benzene rings is 2. The molecule has 1 heterocycles. The fourth-order valence-electron chi connectivity index (χ4n) is 3.54. The molecule has 174 valence electrons. The van der Waals surface area contributed by atoms with Crippen LogP contribution in [0.1, 0.15) is 35.2 Å². The first-order valence-electron chi connectivity index (χ1n) is 9.82. The van der Waals surface area contributed by atoms with Gasteiger partial charge in [-0.3, -0.25) is 4.72 Å². The molecule has 0 saturated carbocycles. The van der Waals surface area contributed by atoms with E-state index in [2.05, 4.69) is 9.46 Å². The predicted molar refractivity (Wildman–Crippen MR) is 118 cm³/mol. The van der Waals surface area contributed by atoms with Crippen molar-refractivity contribution in [1.29, 1.82) is 0 Å². The zero-order valence-corrected chi connectivity index (χ0v) is 19.2. The van der Waals surface area contributed by atoms with Crippen molar-refractivity contribution in [3.63, 3.8) is 0 Å². The summed E-state index contributed by atoms with van der Waals surface area (Å²) in [6.07, 6.45) is -0.225. The Hall–Kier alpha value is -2.40. The highest BCUT2D eigenvalue weighted by Crippen LogP contribution is 2.38. The van der Waals surface area contributed by atoms with Crippen LogP contribution in [0.3, 0.4) is 0 Å². The second-order valence-electron chi connectivity index (χ2n) is 7.24. The van der Waals surface area contributed by atoms with Crippen molar-refractivity contribution in [1.82, 2.24) is 0 Å². The van der Waals surface area contributed by atoms with Crippen molar-refractivity contribution >= 4 is 39.1 Å². The minimum absolute atomic E-state index is 0.0194. The molecule has 32 heavy (non-hydrogen) atoms. The SMILES string of the molecule is COC(=O)c1ccc(SC)c(S(=O)(=O)Nc2cc(C(F)(F)F)ccc2N2CCCCC2)c1. The zero-order chi connectivity index (χ0) is 23.5. The number of rotatable bonds is 6. The lowest BCUT2D eigenvalue weighted by Gasteiger charge is -2.31. The van der Waals surface area contributed by atoms with E-state index < -0.39 is 27.7 Å². The summed E-state index contributed by atoms with van der Waals surface area (Å²) in [4.78, 5) is 13.9. The number of hydrogen-bond donors (Lipinski definition) is 1. The maximum absolute atomic E-state index is 13.4. The molecule has 2 aromatic rings. The Labute approximate surface area is 189 Å². The topological polar surface area (TPSA) is 75.7 Å². The third-order valence-corrected chi connectivity index (χ3v) is 7.47. The number of alkyl halides is 3. The van der Waals surface area contributed by atoms with Crippen molar-refractivity contribution in [2.45, 2.75) is 35.2 Å². The maximum Gasteiger partial charge on any atom is 0.416 e. The highest BCUT2D eigenvalue weighted by Gasteiger charge is 2.32. The number of thioether (sulfide) groups is 1. The Bertz CT molecular complexity index is 1100. The number of hydrogen-bond acceptors (Lipinski definition) is 6. The zero-order valence-electron chi connectivity index (χ0n) is 17.5. The van der Waals surface area contributed by atoms with Crippen LogP contribution in [-0.4, -0.2) is 40.8 Å². The molecule has 0 radical (unpaired) electrons. The fourth-order valence-corrected chi connectivity index (χ4v) is 5.76. The second kappa shape index (κ2) is 9.62. The molecular formula is C21H23F3N2O4S2. The molecule has 1 N–H and O–H groups in total. The molecule has 0 aliphatic carbocycles. The molecule has 0 amide bonds. The highest BCUT2D eigenvalue weighted by molar-refractivity contribution is 7.99. The minimum Gasteiger partial charge on any atom is -0.465 e. The number of nitrogens with one attached hydrogen (secondary N) is 1. The molecule has 11 heteroatoms. The van der Waals surface area contributed by atoms with E-state index in [1.165, 1.54) is 25.3 Å². The van der Waals surface area contributed by atoms with Crippen molar-refractivity contribution in [3.8, 4) is 0 Å². The molecule has 3 rings (SSSR count). The van der Waals surface area contributed by atoms with Gasteiger partial charge in [-0.05, 0) is 61.9 Å². The average Bonchev–Trinajstić information content (AvgIpc) is 2.77. The van der Waals surface area contributed by atoms with Gasteiger partial charge < -0.3 is 9.64 Å². The van der Waals surface area contributed by atoms with Gasteiger partial charge in [0, 0.05) is 18.0 Å². The molecule has 2 aromatic carbocycles. The summed E-state index contributed by atoms with van der Waals surface area (Å²) in [6, 6.07) is 7.11. The lowest BCUT2D eigenvalue weighted by Crippen LogP contribution is -2.30.